The van der Waals surface area contributed by atoms with Crippen LogP contribution in [0.25, 0.3) is 0 Å². The summed E-state index contributed by atoms with van der Waals surface area (Å²) in [4.78, 5) is 8.47. The van der Waals surface area contributed by atoms with Gasteiger partial charge < -0.3 is 4.90 Å². The Balaban J connectivity index is 1.95. The molecule has 1 aromatic heterocycles. The van der Waals surface area contributed by atoms with Crippen LogP contribution in [0.5, 0.6) is 0 Å². The van der Waals surface area contributed by atoms with Gasteiger partial charge in [0.15, 0.2) is 0 Å². The number of hydrogen-bond donors (Lipinski definition) is 0. The summed E-state index contributed by atoms with van der Waals surface area (Å²) in [6.45, 7) is 2.44. The summed E-state index contributed by atoms with van der Waals surface area (Å²) in [6, 6.07) is 4.28. The molecular formula is C12H16N2S. The van der Waals surface area contributed by atoms with Gasteiger partial charge >= 0.3 is 0 Å². The molecule has 3 heteroatoms. The Morgan fingerprint density at radius 3 is 3.00 bits per heavy atom. The monoisotopic (exact) mass is 220 g/mol. The van der Waals surface area contributed by atoms with Crippen molar-refractivity contribution in [2.75, 3.05) is 25.9 Å². The molecule has 1 aromatic rings. The highest BCUT2D eigenvalue weighted by molar-refractivity contribution is 7.99. The van der Waals surface area contributed by atoms with E-state index in [0.717, 1.165) is 0 Å². The zero-order chi connectivity index (χ0) is 10.3. The van der Waals surface area contributed by atoms with Crippen molar-refractivity contribution in [3.63, 3.8) is 0 Å². The normalized spacial score (nSPS) is 24.3. The third-order valence-corrected chi connectivity index (χ3v) is 5.06. The van der Waals surface area contributed by atoms with Crippen LogP contribution in [-0.2, 0) is 5.41 Å². The lowest BCUT2D eigenvalue weighted by atomic mass is 9.77. The van der Waals surface area contributed by atoms with Crippen LogP contribution in [0.1, 0.15) is 18.5 Å². The predicted octanol–water partition coefficient (Wildman–Crippen LogP) is 2.15. The number of pyridine rings is 1. The Kier molecular flexibility index (Phi) is 2.25. The smallest absolute Gasteiger partial charge is 0.0610 e. The van der Waals surface area contributed by atoms with Crippen LogP contribution in [0.3, 0.4) is 0 Å². The lowest BCUT2D eigenvalue weighted by Crippen LogP contribution is -2.41. The van der Waals surface area contributed by atoms with E-state index >= 15 is 0 Å². The highest BCUT2D eigenvalue weighted by Crippen LogP contribution is 2.47. The predicted molar refractivity (Wildman–Crippen MR) is 63.4 cm³/mol. The Bertz CT molecular complexity index is 370. The average molecular weight is 220 g/mol. The molecule has 15 heavy (non-hydrogen) atoms. The number of piperidine rings is 1. The molecule has 1 spiro atoms. The number of hydrogen-bond acceptors (Lipinski definition) is 3. The molecule has 3 heterocycles. The Labute approximate surface area is 95.1 Å². The molecule has 0 radical (unpaired) electrons. The molecule has 3 rings (SSSR count). The van der Waals surface area contributed by atoms with Gasteiger partial charge in [0.1, 0.15) is 0 Å². The number of aromatic nitrogens is 1. The van der Waals surface area contributed by atoms with E-state index in [9.17, 15) is 0 Å². The highest BCUT2D eigenvalue weighted by Gasteiger charge is 2.42. The van der Waals surface area contributed by atoms with Gasteiger partial charge in [-0.1, -0.05) is 0 Å². The second-order valence-corrected chi connectivity index (χ2v) is 5.74. The summed E-state index contributed by atoms with van der Waals surface area (Å²) in [6.07, 6.45) is 4.51. The van der Waals surface area contributed by atoms with Gasteiger partial charge in [-0.3, -0.25) is 4.98 Å². The number of fused-ring (bicyclic) bond motifs is 2. The zero-order valence-electron chi connectivity index (χ0n) is 9.07. The highest BCUT2D eigenvalue weighted by atomic mass is 32.2. The Hall–Kier alpha value is -0.540. The van der Waals surface area contributed by atoms with E-state index in [0.29, 0.717) is 5.41 Å². The molecule has 0 amide bonds. The van der Waals surface area contributed by atoms with Gasteiger partial charge in [-0.05, 0) is 45.1 Å². The van der Waals surface area contributed by atoms with Crippen LogP contribution in [0, 0.1) is 0 Å². The largest absolute Gasteiger partial charge is 0.306 e. The van der Waals surface area contributed by atoms with Gasteiger partial charge in [0.05, 0.1) is 5.69 Å². The lowest BCUT2D eigenvalue weighted by molar-refractivity contribution is 0.200. The molecule has 0 atom stereocenters. The van der Waals surface area contributed by atoms with E-state index in [2.05, 4.69) is 29.1 Å². The first kappa shape index (κ1) is 9.67. The SMILES string of the molecule is CN1CCC2(CC1)CSc1cccnc12. The van der Waals surface area contributed by atoms with E-state index < -0.39 is 0 Å². The fourth-order valence-electron chi connectivity index (χ4n) is 2.62. The third kappa shape index (κ3) is 1.49. The van der Waals surface area contributed by atoms with Crippen LogP contribution >= 0.6 is 11.8 Å². The summed E-state index contributed by atoms with van der Waals surface area (Å²) < 4.78 is 0. The average Bonchev–Trinajstić information content (AvgIpc) is 2.63. The van der Waals surface area contributed by atoms with Gasteiger partial charge in [0.2, 0.25) is 0 Å². The first-order valence-electron chi connectivity index (χ1n) is 5.57. The maximum Gasteiger partial charge on any atom is 0.0610 e. The molecule has 0 bridgehead atoms. The van der Waals surface area contributed by atoms with Crippen LogP contribution in [0.15, 0.2) is 23.2 Å². The minimum atomic E-state index is 0.397. The molecule has 1 fully saturated rings. The van der Waals surface area contributed by atoms with Crippen molar-refractivity contribution < 1.29 is 0 Å². The summed E-state index contributed by atoms with van der Waals surface area (Å²) in [7, 11) is 2.22. The van der Waals surface area contributed by atoms with Crippen molar-refractivity contribution in [1.82, 2.24) is 9.88 Å². The fourth-order valence-corrected chi connectivity index (χ4v) is 4.06. The minimum Gasteiger partial charge on any atom is -0.306 e. The fraction of sp³-hybridized carbons (Fsp3) is 0.583. The summed E-state index contributed by atoms with van der Waals surface area (Å²) >= 11 is 1.99. The van der Waals surface area contributed by atoms with Crippen molar-refractivity contribution in [2.45, 2.75) is 23.2 Å². The number of likely N-dealkylation sites (tertiary alicyclic amines) is 1. The van der Waals surface area contributed by atoms with Crippen molar-refractivity contribution >= 4 is 11.8 Å². The quantitative estimate of drug-likeness (QED) is 0.666. The summed E-state index contributed by atoms with van der Waals surface area (Å²) in [5.41, 5.74) is 1.77. The van der Waals surface area contributed by atoms with E-state index in [4.69, 9.17) is 0 Å². The van der Waals surface area contributed by atoms with Gasteiger partial charge in [-0.25, -0.2) is 0 Å². The van der Waals surface area contributed by atoms with E-state index in [1.807, 2.05) is 18.0 Å². The number of thioether (sulfide) groups is 1. The second kappa shape index (κ2) is 3.49. The van der Waals surface area contributed by atoms with Gasteiger partial charge in [-0.2, -0.15) is 0 Å². The summed E-state index contributed by atoms with van der Waals surface area (Å²) in [5.74, 6) is 1.24. The van der Waals surface area contributed by atoms with Crippen molar-refractivity contribution in [2.24, 2.45) is 0 Å². The lowest BCUT2D eigenvalue weighted by Gasteiger charge is -2.37. The van der Waals surface area contributed by atoms with Crippen LogP contribution in [0.2, 0.25) is 0 Å². The van der Waals surface area contributed by atoms with Gasteiger partial charge in [-0.15, -0.1) is 11.8 Å². The van der Waals surface area contributed by atoms with Crippen LogP contribution in [-0.4, -0.2) is 35.8 Å². The second-order valence-electron chi connectivity index (χ2n) is 4.72. The van der Waals surface area contributed by atoms with E-state index in [1.54, 1.807) is 0 Å². The topological polar surface area (TPSA) is 16.1 Å². The molecule has 0 N–H and O–H groups in total. The van der Waals surface area contributed by atoms with Crippen molar-refractivity contribution in [1.29, 1.82) is 0 Å². The molecule has 0 saturated carbocycles. The number of nitrogens with zero attached hydrogens (tertiary/aromatic N) is 2. The molecule has 2 aliphatic heterocycles. The van der Waals surface area contributed by atoms with Crippen molar-refractivity contribution in [3.8, 4) is 0 Å². The summed E-state index contributed by atoms with van der Waals surface area (Å²) in [5, 5.41) is 0. The molecule has 0 aromatic carbocycles. The Morgan fingerprint density at radius 1 is 1.40 bits per heavy atom. The van der Waals surface area contributed by atoms with Crippen molar-refractivity contribution in [3.05, 3.63) is 24.0 Å². The van der Waals surface area contributed by atoms with E-state index in [1.165, 1.54) is 42.3 Å². The maximum atomic E-state index is 4.62. The molecule has 0 aliphatic carbocycles. The first-order chi connectivity index (χ1) is 7.30. The molecular weight excluding hydrogens is 204 g/mol. The molecule has 80 valence electrons. The molecule has 2 aliphatic rings. The molecule has 1 saturated heterocycles. The number of rotatable bonds is 0. The standard InChI is InChI=1S/C12H16N2S/c1-14-7-4-12(5-8-14)9-15-10-3-2-6-13-11(10)12/h2-3,6H,4-5,7-9H2,1H3. The molecule has 2 nitrogen and oxygen atoms in total. The van der Waals surface area contributed by atoms with Crippen LogP contribution in [0.4, 0.5) is 0 Å². The van der Waals surface area contributed by atoms with Crippen LogP contribution < -0.4 is 0 Å². The van der Waals surface area contributed by atoms with Gasteiger partial charge in [0, 0.05) is 22.3 Å². The minimum absolute atomic E-state index is 0.397. The van der Waals surface area contributed by atoms with E-state index in [-0.39, 0.29) is 0 Å². The van der Waals surface area contributed by atoms with Gasteiger partial charge in [0.25, 0.3) is 0 Å². The Morgan fingerprint density at radius 2 is 2.20 bits per heavy atom. The molecule has 0 unspecified atom stereocenters. The zero-order valence-corrected chi connectivity index (χ0v) is 9.89. The first-order valence-corrected chi connectivity index (χ1v) is 6.56. The third-order valence-electron chi connectivity index (χ3n) is 3.72. The maximum absolute atomic E-state index is 4.62.